The molecule has 9 nitrogen and oxygen atoms in total. The lowest BCUT2D eigenvalue weighted by atomic mass is 9.83. The number of pyridine rings is 2. The molecule has 1 aliphatic rings. The predicted octanol–water partition coefficient (Wildman–Crippen LogP) is 7.08. The summed E-state index contributed by atoms with van der Waals surface area (Å²) >= 11 is 0. The molecule has 248 valence electrons. The summed E-state index contributed by atoms with van der Waals surface area (Å²) < 4.78 is 95.4. The van der Waals surface area contributed by atoms with Crippen molar-refractivity contribution >= 4 is 23.5 Å². The Bertz CT molecular complexity index is 1500. The van der Waals surface area contributed by atoms with Crippen LogP contribution < -0.4 is 10.6 Å². The Kier molecular flexibility index (Phi) is 10.1. The zero-order valence-corrected chi connectivity index (χ0v) is 25.2. The average molecular weight is 654 g/mol. The molecule has 2 aromatic heterocycles. The first-order valence-electron chi connectivity index (χ1n) is 14.3. The molecule has 3 aromatic rings. The highest BCUT2D eigenvalue weighted by Crippen LogP contribution is 2.50. The largest absolute Gasteiger partial charge is 0.444 e. The first-order valence-corrected chi connectivity index (χ1v) is 14.3. The summed E-state index contributed by atoms with van der Waals surface area (Å²) in [6, 6.07) is 8.81. The molecule has 0 radical (unpaired) electrons. The molecule has 0 spiro atoms. The summed E-state index contributed by atoms with van der Waals surface area (Å²) in [6.07, 6.45) is -7.14. The molecule has 1 fully saturated rings. The van der Waals surface area contributed by atoms with Crippen LogP contribution in [-0.4, -0.2) is 64.0 Å². The molecular formula is C31H33F6N5O4. The van der Waals surface area contributed by atoms with Gasteiger partial charge < -0.3 is 25.0 Å². The normalized spacial score (nSPS) is 16.9. The summed E-state index contributed by atoms with van der Waals surface area (Å²) in [4.78, 5) is 35.0. The Morgan fingerprint density at radius 1 is 0.957 bits per heavy atom. The highest BCUT2D eigenvalue weighted by Gasteiger charge is 2.65. The van der Waals surface area contributed by atoms with Gasteiger partial charge in [0.2, 0.25) is 5.60 Å². The van der Waals surface area contributed by atoms with E-state index < -0.39 is 53.8 Å². The molecule has 2 unspecified atom stereocenters. The second kappa shape index (κ2) is 13.5. The minimum atomic E-state index is -5.40. The minimum absolute atomic E-state index is 0.0556. The highest BCUT2D eigenvalue weighted by molar-refractivity contribution is 6.07. The van der Waals surface area contributed by atoms with E-state index in [0.717, 1.165) is 34.7 Å². The Hall–Kier alpha value is -4.40. The van der Waals surface area contributed by atoms with Gasteiger partial charge in [-0.2, -0.15) is 26.3 Å². The Balaban J connectivity index is 1.64. The number of rotatable bonds is 9. The molecule has 3 heterocycles. The second-order valence-electron chi connectivity index (χ2n) is 11.6. The molecule has 2 N–H and O–H groups in total. The zero-order valence-electron chi connectivity index (χ0n) is 25.2. The van der Waals surface area contributed by atoms with Crippen molar-refractivity contribution in [2.24, 2.45) is 0 Å². The van der Waals surface area contributed by atoms with Gasteiger partial charge in [0, 0.05) is 37.4 Å². The van der Waals surface area contributed by atoms with Crippen LogP contribution in [0.2, 0.25) is 0 Å². The van der Waals surface area contributed by atoms with E-state index in [4.69, 9.17) is 9.47 Å². The molecule has 1 aromatic carbocycles. The molecule has 1 aliphatic heterocycles. The number of hydrogen-bond acceptors (Lipinski definition) is 7. The lowest BCUT2D eigenvalue weighted by Crippen LogP contribution is -2.60. The lowest BCUT2D eigenvalue weighted by molar-refractivity contribution is -0.324. The Labute approximate surface area is 261 Å². The molecule has 15 heteroatoms. The van der Waals surface area contributed by atoms with E-state index in [1.807, 2.05) is 0 Å². The van der Waals surface area contributed by atoms with Crippen molar-refractivity contribution in [3.05, 3.63) is 83.8 Å². The monoisotopic (exact) mass is 653 g/mol. The molecule has 0 aliphatic carbocycles. The number of likely N-dealkylation sites (tertiary alicyclic amines) is 1. The van der Waals surface area contributed by atoms with Crippen molar-refractivity contribution in [2.75, 3.05) is 23.8 Å². The molecule has 0 bridgehead atoms. The second-order valence-corrected chi connectivity index (χ2v) is 11.6. The number of hydrogen-bond donors (Lipinski definition) is 2. The number of carbonyl (C=O) groups is 2. The number of halogens is 6. The Morgan fingerprint density at radius 2 is 1.63 bits per heavy atom. The number of amides is 2. The van der Waals surface area contributed by atoms with E-state index in [-0.39, 0.29) is 36.5 Å². The van der Waals surface area contributed by atoms with E-state index >= 15 is 13.2 Å². The maximum Gasteiger partial charge on any atom is 0.423 e. The van der Waals surface area contributed by atoms with E-state index in [1.165, 1.54) is 39.1 Å². The van der Waals surface area contributed by atoms with Crippen molar-refractivity contribution in [1.29, 1.82) is 0 Å². The van der Waals surface area contributed by atoms with E-state index in [0.29, 0.717) is 6.54 Å². The van der Waals surface area contributed by atoms with Crippen LogP contribution in [-0.2, 0) is 21.6 Å². The summed E-state index contributed by atoms with van der Waals surface area (Å²) in [7, 11) is 0. The van der Waals surface area contributed by atoms with Crippen molar-refractivity contribution in [3.8, 4) is 0 Å². The summed E-state index contributed by atoms with van der Waals surface area (Å²) in [5.74, 6) is -0.395. The summed E-state index contributed by atoms with van der Waals surface area (Å²) in [5, 5.41) is 5.63. The van der Waals surface area contributed by atoms with Crippen LogP contribution >= 0.6 is 0 Å². The van der Waals surface area contributed by atoms with Crippen molar-refractivity contribution in [2.45, 2.75) is 69.8 Å². The van der Waals surface area contributed by atoms with Gasteiger partial charge in [-0.05, 0) is 81.1 Å². The lowest BCUT2D eigenvalue weighted by Gasteiger charge is -2.44. The third-order valence-electron chi connectivity index (χ3n) is 7.07. The van der Waals surface area contributed by atoms with Crippen LogP contribution in [0.25, 0.3) is 0 Å². The number of ether oxygens (including phenoxy) is 2. The fraction of sp³-hybridized carbons (Fsp3) is 0.419. The fourth-order valence-corrected chi connectivity index (χ4v) is 5.15. The summed E-state index contributed by atoms with van der Waals surface area (Å²) in [5.41, 5.74) is -4.25. The maximum atomic E-state index is 15.1. The third-order valence-corrected chi connectivity index (χ3v) is 7.07. The first kappa shape index (κ1) is 34.5. The quantitative estimate of drug-likeness (QED) is 0.238. The highest BCUT2D eigenvalue weighted by atomic mass is 19.4. The topological polar surface area (TPSA) is 106 Å². The van der Waals surface area contributed by atoms with Crippen molar-refractivity contribution in [3.63, 3.8) is 0 Å². The molecule has 2 amide bonds. The SMILES string of the molecule is CC(C)(C)OC(=O)N1CCCC1C(OCC(F)(F)F)(c1ccc(NC(=O)c2cccnc2NCc2ccncc2)cc1)C(F)(F)F. The van der Waals surface area contributed by atoms with Gasteiger partial charge in [0.15, 0.2) is 0 Å². The summed E-state index contributed by atoms with van der Waals surface area (Å²) in [6.45, 7) is 2.49. The van der Waals surface area contributed by atoms with Crippen LogP contribution in [0.15, 0.2) is 67.1 Å². The van der Waals surface area contributed by atoms with Gasteiger partial charge in [-0.25, -0.2) is 9.78 Å². The molecule has 4 rings (SSSR count). The third kappa shape index (κ3) is 8.24. The van der Waals surface area contributed by atoms with Crippen molar-refractivity contribution in [1.82, 2.24) is 14.9 Å². The smallest absolute Gasteiger partial charge is 0.423 e. The number of nitrogens with one attached hydrogen (secondary N) is 2. The standard InChI is InChI=1S/C31H33F6N5O4/c1-28(2,3)46-27(44)42-17-5-7-24(42)30(31(35,36)37,45-19-29(32,33)34)21-8-10-22(11-9-21)41-26(43)23-6-4-14-39-25(23)40-18-20-12-15-38-16-13-20/h4,6,8-16,24H,5,7,17-19H2,1-3H3,(H,39,40)(H,41,43). The number of anilines is 2. The molecule has 1 saturated heterocycles. The van der Waals surface area contributed by atoms with Gasteiger partial charge in [-0.15, -0.1) is 0 Å². The molecular weight excluding hydrogens is 620 g/mol. The van der Waals surface area contributed by atoms with Gasteiger partial charge in [0.1, 0.15) is 18.0 Å². The fourth-order valence-electron chi connectivity index (χ4n) is 5.15. The van der Waals surface area contributed by atoms with E-state index in [9.17, 15) is 22.8 Å². The molecule has 46 heavy (non-hydrogen) atoms. The van der Waals surface area contributed by atoms with Crippen LogP contribution in [0.1, 0.15) is 55.1 Å². The Morgan fingerprint density at radius 3 is 2.24 bits per heavy atom. The van der Waals surface area contributed by atoms with Gasteiger partial charge >= 0.3 is 18.4 Å². The number of alkyl halides is 6. The molecule has 2 atom stereocenters. The van der Waals surface area contributed by atoms with E-state index in [2.05, 4.69) is 20.6 Å². The van der Waals surface area contributed by atoms with Gasteiger partial charge in [-0.1, -0.05) is 12.1 Å². The zero-order chi connectivity index (χ0) is 33.8. The maximum absolute atomic E-state index is 15.1. The predicted molar refractivity (Wildman–Crippen MR) is 156 cm³/mol. The number of carbonyl (C=O) groups excluding carboxylic acids is 2. The first-order chi connectivity index (χ1) is 21.5. The number of benzene rings is 1. The minimum Gasteiger partial charge on any atom is -0.444 e. The number of nitrogens with zero attached hydrogens (tertiary/aromatic N) is 3. The van der Waals surface area contributed by atoms with Crippen LogP contribution in [0.5, 0.6) is 0 Å². The van der Waals surface area contributed by atoms with E-state index in [1.54, 1.807) is 24.5 Å². The average Bonchev–Trinajstić information content (AvgIpc) is 3.46. The van der Waals surface area contributed by atoms with Gasteiger partial charge in [0.25, 0.3) is 5.91 Å². The molecule has 0 saturated carbocycles. The van der Waals surface area contributed by atoms with Crippen LogP contribution in [0, 0.1) is 0 Å². The van der Waals surface area contributed by atoms with Crippen LogP contribution in [0.3, 0.4) is 0 Å². The van der Waals surface area contributed by atoms with Gasteiger partial charge in [0.05, 0.1) is 11.6 Å². The van der Waals surface area contributed by atoms with Gasteiger partial charge in [-0.3, -0.25) is 9.78 Å². The van der Waals surface area contributed by atoms with Crippen LogP contribution in [0.4, 0.5) is 42.6 Å². The number of aromatic nitrogens is 2. The van der Waals surface area contributed by atoms with Crippen molar-refractivity contribution < 1.29 is 45.4 Å².